The highest BCUT2D eigenvalue weighted by molar-refractivity contribution is 5.80. The maximum atomic E-state index is 9.93. The summed E-state index contributed by atoms with van der Waals surface area (Å²) in [6, 6.07) is 0. The Balaban J connectivity index is 3.36. The van der Waals surface area contributed by atoms with Crippen molar-refractivity contribution in [3.8, 4) is 0 Å². The van der Waals surface area contributed by atoms with Crippen LogP contribution in [0.2, 0.25) is 0 Å². The number of aliphatic hydroxyl groups is 1. The van der Waals surface area contributed by atoms with E-state index in [0.717, 1.165) is 18.9 Å². The second kappa shape index (κ2) is 7.02. The van der Waals surface area contributed by atoms with Gasteiger partial charge in [0.15, 0.2) is 0 Å². The molecule has 0 spiro atoms. The number of carboxylic acids is 1. The maximum Gasteiger partial charge on any atom is 0.328 e. The molecule has 0 aromatic rings. The fraction of sp³-hybridized carbons (Fsp3) is 0.375. The van der Waals surface area contributed by atoms with Gasteiger partial charge >= 0.3 is 5.97 Å². The van der Waals surface area contributed by atoms with Gasteiger partial charge in [-0.3, -0.25) is 0 Å². The summed E-state index contributed by atoms with van der Waals surface area (Å²) in [5.41, 5.74) is 0. The van der Waals surface area contributed by atoms with Gasteiger partial charge in [-0.25, -0.2) is 4.79 Å². The van der Waals surface area contributed by atoms with Crippen LogP contribution in [-0.4, -0.2) is 22.8 Å². The summed E-state index contributed by atoms with van der Waals surface area (Å²) in [5, 5.41) is 16.5. The quantitative estimate of drug-likeness (QED) is 0.354. The Morgan fingerprint density at radius 2 is 2.09 bits per heavy atom. The van der Waals surface area contributed by atoms with E-state index in [4.69, 9.17) is 10.2 Å². The molecule has 0 saturated heterocycles. The molecular weight excluding hydrogens is 144 g/mol. The van der Waals surface area contributed by atoms with E-state index in [-0.39, 0.29) is 6.61 Å². The van der Waals surface area contributed by atoms with Crippen LogP contribution in [0, 0.1) is 0 Å². The highest BCUT2D eigenvalue weighted by atomic mass is 16.4. The van der Waals surface area contributed by atoms with Crippen LogP contribution in [0.3, 0.4) is 0 Å². The number of rotatable bonds is 5. The molecule has 0 bridgehead atoms. The number of carboxylic acid groups (broad SMARTS) is 1. The normalized spacial score (nSPS) is 11.4. The molecule has 0 aromatic carbocycles. The van der Waals surface area contributed by atoms with E-state index in [1.54, 1.807) is 6.08 Å². The van der Waals surface area contributed by atoms with Gasteiger partial charge in [0.05, 0.1) is 0 Å². The van der Waals surface area contributed by atoms with Crippen molar-refractivity contribution in [3.05, 3.63) is 24.3 Å². The zero-order valence-corrected chi connectivity index (χ0v) is 6.23. The standard InChI is InChI=1S/C8H12O3/c9-7-5-3-1-2-4-6-8(10)11/h1-2,4,6,9H,3,5,7H2,(H,10,11). The predicted octanol–water partition coefficient (Wildman–Crippen LogP) is 0.956. The molecule has 0 aliphatic heterocycles. The number of aliphatic carboxylic acids is 1. The lowest BCUT2D eigenvalue weighted by Gasteiger charge is -1.84. The summed E-state index contributed by atoms with van der Waals surface area (Å²) in [6.07, 6.45) is 7.49. The average molecular weight is 156 g/mol. The van der Waals surface area contributed by atoms with E-state index in [0.29, 0.717) is 0 Å². The van der Waals surface area contributed by atoms with Gasteiger partial charge in [0.1, 0.15) is 0 Å². The number of aliphatic hydroxyl groups excluding tert-OH is 1. The minimum atomic E-state index is -0.947. The van der Waals surface area contributed by atoms with E-state index in [1.807, 2.05) is 6.08 Å². The summed E-state index contributed by atoms with van der Waals surface area (Å²) in [7, 11) is 0. The van der Waals surface area contributed by atoms with Crippen LogP contribution in [0.4, 0.5) is 0 Å². The van der Waals surface area contributed by atoms with Gasteiger partial charge in [-0.1, -0.05) is 18.2 Å². The van der Waals surface area contributed by atoms with Crippen LogP contribution < -0.4 is 0 Å². The summed E-state index contributed by atoms with van der Waals surface area (Å²) < 4.78 is 0. The highest BCUT2D eigenvalue weighted by Gasteiger charge is 1.80. The minimum Gasteiger partial charge on any atom is -0.478 e. The van der Waals surface area contributed by atoms with Crippen molar-refractivity contribution in [2.24, 2.45) is 0 Å². The first kappa shape index (κ1) is 9.91. The molecule has 0 atom stereocenters. The molecule has 0 fully saturated rings. The van der Waals surface area contributed by atoms with Crippen LogP contribution in [0.5, 0.6) is 0 Å². The van der Waals surface area contributed by atoms with Crippen molar-refractivity contribution in [3.63, 3.8) is 0 Å². The topological polar surface area (TPSA) is 57.5 Å². The molecule has 0 radical (unpaired) electrons. The third kappa shape index (κ3) is 8.91. The molecule has 3 heteroatoms. The highest BCUT2D eigenvalue weighted by Crippen LogP contribution is 1.89. The molecule has 0 saturated carbocycles. The first-order valence-corrected chi connectivity index (χ1v) is 3.44. The van der Waals surface area contributed by atoms with Gasteiger partial charge in [0, 0.05) is 12.7 Å². The van der Waals surface area contributed by atoms with Crippen molar-refractivity contribution in [1.82, 2.24) is 0 Å². The van der Waals surface area contributed by atoms with E-state index in [2.05, 4.69) is 0 Å². The first-order valence-electron chi connectivity index (χ1n) is 3.44. The Bertz CT molecular complexity index is 159. The van der Waals surface area contributed by atoms with Gasteiger partial charge in [0.25, 0.3) is 0 Å². The smallest absolute Gasteiger partial charge is 0.328 e. The lowest BCUT2D eigenvalue weighted by atomic mass is 10.3. The van der Waals surface area contributed by atoms with Crippen LogP contribution in [0.15, 0.2) is 24.3 Å². The lowest BCUT2D eigenvalue weighted by molar-refractivity contribution is -0.131. The minimum absolute atomic E-state index is 0.174. The summed E-state index contributed by atoms with van der Waals surface area (Å²) in [6.45, 7) is 0.174. The molecule has 0 heterocycles. The van der Waals surface area contributed by atoms with Crippen LogP contribution in [0.1, 0.15) is 12.8 Å². The Hall–Kier alpha value is -1.09. The lowest BCUT2D eigenvalue weighted by Crippen LogP contribution is -1.84. The Kier molecular flexibility index (Phi) is 6.33. The molecule has 0 rings (SSSR count). The fourth-order valence-corrected chi connectivity index (χ4v) is 0.522. The zero-order chi connectivity index (χ0) is 8.53. The van der Waals surface area contributed by atoms with E-state index >= 15 is 0 Å². The SMILES string of the molecule is O=C(O)C=CC=CCCCO. The molecule has 0 amide bonds. The molecular formula is C8H12O3. The van der Waals surface area contributed by atoms with Gasteiger partial charge in [0.2, 0.25) is 0 Å². The van der Waals surface area contributed by atoms with Crippen LogP contribution in [-0.2, 0) is 4.79 Å². The third-order valence-electron chi connectivity index (χ3n) is 1.01. The Morgan fingerprint density at radius 1 is 1.36 bits per heavy atom. The maximum absolute atomic E-state index is 9.93. The molecule has 0 aromatic heterocycles. The summed E-state index contributed by atoms with van der Waals surface area (Å²) in [5.74, 6) is -0.947. The van der Waals surface area contributed by atoms with Crippen molar-refractivity contribution in [2.45, 2.75) is 12.8 Å². The van der Waals surface area contributed by atoms with Crippen molar-refractivity contribution in [1.29, 1.82) is 0 Å². The van der Waals surface area contributed by atoms with Crippen LogP contribution in [0.25, 0.3) is 0 Å². The monoisotopic (exact) mass is 156 g/mol. The molecule has 3 nitrogen and oxygen atoms in total. The van der Waals surface area contributed by atoms with Gasteiger partial charge in [-0.2, -0.15) is 0 Å². The largest absolute Gasteiger partial charge is 0.478 e. The predicted molar refractivity (Wildman–Crippen MR) is 42.2 cm³/mol. The van der Waals surface area contributed by atoms with E-state index < -0.39 is 5.97 Å². The second-order valence-electron chi connectivity index (χ2n) is 1.99. The zero-order valence-electron chi connectivity index (χ0n) is 6.23. The molecule has 0 unspecified atom stereocenters. The molecule has 2 N–H and O–H groups in total. The molecule has 0 aliphatic carbocycles. The van der Waals surface area contributed by atoms with Gasteiger partial charge in [-0.05, 0) is 12.8 Å². The van der Waals surface area contributed by atoms with Crippen LogP contribution >= 0.6 is 0 Å². The number of carbonyl (C=O) groups is 1. The van der Waals surface area contributed by atoms with E-state index in [9.17, 15) is 4.79 Å². The Labute approximate surface area is 65.7 Å². The third-order valence-corrected chi connectivity index (χ3v) is 1.01. The number of allylic oxidation sites excluding steroid dienone is 3. The fourth-order valence-electron chi connectivity index (χ4n) is 0.522. The number of unbranched alkanes of at least 4 members (excludes halogenated alkanes) is 1. The average Bonchev–Trinajstić information content (AvgIpc) is 1.96. The first-order chi connectivity index (χ1) is 5.27. The summed E-state index contributed by atoms with van der Waals surface area (Å²) in [4.78, 5) is 9.93. The summed E-state index contributed by atoms with van der Waals surface area (Å²) >= 11 is 0. The second-order valence-corrected chi connectivity index (χ2v) is 1.99. The van der Waals surface area contributed by atoms with Gasteiger partial charge < -0.3 is 10.2 Å². The van der Waals surface area contributed by atoms with Gasteiger partial charge in [-0.15, -0.1) is 0 Å². The van der Waals surface area contributed by atoms with Crippen molar-refractivity contribution in [2.75, 3.05) is 6.61 Å². The Morgan fingerprint density at radius 3 is 2.64 bits per heavy atom. The molecule has 62 valence electrons. The molecule has 11 heavy (non-hydrogen) atoms. The van der Waals surface area contributed by atoms with Crippen molar-refractivity contribution < 1.29 is 15.0 Å². The number of hydrogen-bond donors (Lipinski definition) is 2. The van der Waals surface area contributed by atoms with Crippen molar-refractivity contribution >= 4 is 5.97 Å². The number of hydrogen-bond acceptors (Lipinski definition) is 2. The van der Waals surface area contributed by atoms with E-state index in [1.165, 1.54) is 6.08 Å². The molecule has 0 aliphatic rings.